The lowest BCUT2D eigenvalue weighted by molar-refractivity contribution is -0.141. The Labute approximate surface area is 214 Å². The summed E-state index contributed by atoms with van der Waals surface area (Å²) < 4.78 is 7.05. The molecule has 4 heterocycles. The highest BCUT2D eigenvalue weighted by molar-refractivity contribution is 5.95. The van der Waals surface area contributed by atoms with Gasteiger partial charge in [0.15, 0.2) is 5.65 Å². The monoisotopic (exact) mass is 502 g/mol. The summed E-state index contributed by atoms with van der Waals surface area (Å²) in [6.07, 6.45) is 3.21. The van der Waals surface area contributed by atoms with Gasteiger partial charge in [0.05, 0.1) is 18.9 Å². The van der Waals surface area contributed by atoms with Crippen molar-refractivity contribution in [1.29, 1.82) is 0 Å². The normalized spacial score (nSPS) is 18.7. The number of aromatic nitrogens is 3. The van der Waals surface area contributed by atoms with Crippen molar-refractivity contribution >= 4 is 29.3 Å². The van der Waals surface area contributed by atoms with Gasteiger partial charge in [0.1, 0.15) is 0 Å². The molecule has 0 unspecified atom stereocenters. The maximum atomic E-state index is 13.2. The Morgan fingerprint density at radius 3 is 2.27 bits per heavy atom. The van der Waals surface area contributed by atoms with Gasteiger partial charge < -0.3 is 14.5 Å². The first-order valence-electron chi connectivity index (χ1n) is 13.0. The summed E-state index contributed by atoms with van der Waals surface area (Å²) >= 11 is 0. The number of likely N-dealkylation sites (tertiary alicyclic amines) is 1. The number of rotatable bonds is 5. The van der Waals surface area contributed by atoms with Crippen LogP contribution < -0.4 is 5.32 Å². The van der Waals surface area contributed by atoms with Crippen molar-refractivity contribution in [3.05, 3.63) is 48.0 Å². The number of piperidine rings is 1. The number of anilines is 1. The lowest BCUT2D eigenvalue weighted by Gasteiger charge is -2.35. The molecule has 192 valence electrons. The lowest BCUT2D eigenvalue weighted by atomic mass is 9.94. The fourth-order valence-corrected chi connectivity index (χ4v) is 5.07. The smallest absolute Gasteiger partial charge is 0.253 e. The van der Waals surface area contributed by atoms with Crippen LogP contribution in [0.3, 0.4) is 0 Å². The summed E-state index contributed by atoms with van der Waals surface area (Å²) in [4.78, 5) is 46.2. The highest BCUT2D eigenvalue weighted by atomic mass is 16.5. The van der Waals surface area contributed by atoms with Crippen LogP contribution in [0.2, 0.25) is 0 Å². The molecule has 0 radical (unpaired) electrons. The van der Waals surface area contributed by atoms with Gasteiger partial charge in [-0.1, -0.05) is 18.2 Å². The number of nitrogens with one attached hydrogen (secondary N) is 1. The second-order valence-corrected chi connectivity index (χ2v) is 9.96. The minimum atomic E-state index is -0.0326. The van der Waals surface area contributed by atoms with E-state index in [2.05, 4.69) is 15.4 Å². The molecule has 2 aromatic heterocycles. The lowest BCUT2D eigenvalue weighted by Crippen LogP contribution is -2.47. The molecule has 10 nitrogen and oxygen atoms in total. The molecule has 3 amide bonds. The molecule has 2 aliphatic heterocycles. The van der Waals surface area contributed by atoms with Crippen LogP contribution in [0.1, 0.15) is 36.0 Å². The second kappa shape index (κ2) is 9.93. The molecule has 1 N–H and O–H groups in total. The first-order valence-corrected chi connectivity index (χ1v) is 13.0. The highest BCUT2D eigenvalue weighted by Gasteiger charge is 2.32. The van der Waals surface area contributed by atoms with Crippen molar-refractivity contribution < 1.29 is 19.1 Å². The number of benzene rings is 1. The molecule has 0 atom stereocenters. The molecule has 1 aromatic carbocycles. The van der Waals surface area contributed by atoms with Crippen molar-refractivity contribution in [3.8, 4) is 11.3 Å². The molecule has 0 spiro atoms. The van der Waals surface area contributed by atoms with Crippen LogP contribution in [-0.2, 0) is 14.3 Å². The minimum Gasteiger partial charge on any atom is -0.378 e. The number of pyridine rings is 1. The average molecular weight is 503 g/mol. The predicted octanol–water partition coefficient (Wildman–Crippen LogP) is 2.46. The Kier molecular flexibility index (Phi) is 6.33. The summed E-state index contributed by atoms with van der Waals surface area (Å²) in [7, 11) is 0. The van der Waals surface area contributed by atoms with E-state index in [1.54, 1.807) is 4.52 Å². The second-order valence-electron chi connectivity index (χ2n) is 9.96. The maximum absolute atomic E-state index is 13.2. The molecule has 3 fully saturated rings. The topological polar surface area (TPSA) is 109 Å². The molecule has 0 bridgehead atoms. The molecule has 3 aliphatic rings. The Morgan fingerprint density at radius 2 is 1.57 bits per heavy atom. The zero-order valence-electron chi connectivity index (χ0n) is 20.6. The van der Waals surface area contributed by atoms with Crippen LogP contribution in [-0.4, -0.2) is 81.5 Å². The van der Waals surface area contributed by atoms with Gasteiger partial charge in [0.2, 0.25) is 17.8 Å². The standard InChI is InChI=1S/C27H30N6O4/c34-24(19-6-7-19)29-27-28-23-3-1-2-22(33(23)30-27)18-4-8-20(9-5-18)25(35)31-12-10-21(11-13-31)26(36)32-14-16-37-17-15-32/h1-5,8-9,19,21H,6-7,10-17H2,(H,29,30,34). The van der Waals surface area contributed by atoms with E-state index < -0.39 is 0 Å². The van der Waals surface area contributed by atoms with E-state index in [-0.39, 0.29) is 29.6 Å². The molecule has 37 heavy (non-hydrogen) atoms. The number of fused-ring (bicyclic) bond motifs is 1. The molecule has 6 rings (SSSR count). The van der Waals surface area contributed by atoms with Crippen molar-refractivity contribution in [2.45, 2.75) is 25.7 Å². The van der Waals surface area contributed by atoms with Gasteiger partial charge in [0.25, 0.3) is 5.91 Å². The first kappa shape index (κ1) is 23.6. The third-order valence-corrected chi connectivity index (χ3v) is 7.42. The number of amides is 3. The van der Waals surface area contributed by atoms with Crippen molar-refractivity contribution in [1.82, 2.24) is 24.4 Å². The zero-order valence-corrected chi connectivity index (χ0v) is 20.6. The van der Waals surface area contributed by atoms with E-state index in [0.29, 0.717) is 69.4 Å². The fourth-order valence-electron chi connectivity index (χ4n) is 5.07. The van der Waals surface area contributed by atoms with Crippen molar-refractivity contribution in [2.75, 3.05) is 44.7 Å². The quantitative estimate of drug-likeness (QED) is 0.574. The van der Waals surface area contributed by atoms with Gasteiger partial charge in [-0.25, -0.2) is 4.52 Å². The average Bonchev–Trinajstić information content (AvgIpc) is 3.72. The Hall–Kier alpha value is -3.79. The number of hydrogen-bond donors (Lipinski definition) is 1. The minimum absolute atomic E-state index is 0.0205. The Morgan fingerprint density at radius 1 is 0.838 bits per heavy atom. The molecular weight excluding hydrogens is 472 g/mol. The highest BCUT2D eigenvalue weighted by Crippen LogP contribution is 2.30. The third-order valence-electron chi connectivity index (χ3n) is 7.42. The summed E-state index contributed by atoms with van der Waals surface area (Å²) in [5, 5.41) is 7.29. The molecular formula is C27H30N6O4. The molecule has 1 aliphatic carbocycles. The summed E-state index contributed by atoms with van der Waals surface area (Å²) in [6, 6.07) is 13.1. The van der Waals surface area contributed by atoms with Crippen molar-refractivity contribution in [3.63, 3.8) is 0 Å². The number of morpholine rings is 1. The van der Waals surface area contributed by atoms with Gasteiger partial charge >= 0.3 is 0 Å². The van der Waals surface area contributed by atoms with Gasteiger partial charge in [-0.3, -0.25) is 19.7 Å². The van der Waals surface area contributed by atoms with Gasteiger partial charge in [-0.05, 0) is 49.9 Å². The van der Waals surface area contributed by atoms with Crippen LogP contribution in [0.4, 0.5) is 5.95 Å². The summed E-state index contributed by atoms with van der Waals surface area (Å²) in [5.41, 5.74) is 2.96. The first-order chi connectivity index (χ1) is 18.1. The SMILES string of the molecule is O=C(Nc1nc2cccc(-c3ccc(C(=O)N4CCC(C(=O)N5CCOCC5)CC4)cc3)n2n1)C1CC1. The fraction of sp³-hybridized carbons (Fsp3) is 0.444. The van der Waals surface area contributed by atoms with E-state index in [9.17, 15) is 14.4 Å². The number of carbonyl (C=O) groups excluding carboxylic acids is 3. The van der Waals surface area contributed by atoms with E-state index in [4.69, 9.17) is 4.74 Å². The molecule has 2 saturated heterocycles. The van der Waals surface area contributed by atoms with Crippen LogP contribution in [0, 0.1) is 11.8 Å². The molecule has 10 heteroatoms. The Balaban J connectivity index is 1.11. The maximum Gasteiger partial charge on any atom is 0.253 e. The van der Waals surface area contributed by atoms with E-state index in [1.807, 2.05) is 52.3 Å². The van der Waals surface area contributed by atoms with E-state index >= 15 is 0 Å². The predicted molar refractivity (Wildman–Crippen MR) is 136 cm³/mol. The summed E-state index contributed by atoms with van der Waals surface area (Å²) in [5.74, 6) is 0.491. The number of nitrogens with zero attached hydrogens (tertiary/aromatic N) is 5. The largest absolute Gasteiger partial charge is 0.378 e. The van der Waals surface area contributed by atoms with Gasteiger partial charge in [0, 0.05) is 49.1 Å². The van der Waals surface area contributed by atoms with Crippen LogP contribution in [0.15, 0.2) is 42.5 Å². The number of carbonyl (C=O) groups is 3. The van der Waals surface area contributed by atoms with Gasteiger partial charge in [-0.15, -0.1) is 5.10 Å². The molecule has 1 saturated carbocycles. The third kappa shape index (κ3) is 4.93. The van der Waals surface area contributed by atoms with Crippen molar-refractivity contribution in [2.24, 2.45) is 11.8 Å². The summed E-state index contributed by atoms with van der Waals surface area (Å²) in [6.45, 7) is 3.67. The zero-order chi connectivity index (χ0) is 25.4. The van der Waals surface area contributed by atoms with Crippen LogP contribution in [0.5, 0.6) is 0 Å². The number of hydrogen-bond acceptors (Lipinski definition) is 6. The van der Waals surface area contributed by atoms with Gasteiger partial charge in [-0.2, -0.15) is 4.98 Å². The molecule has 3 aromatic rings. The number of ether oxygens (including phenoxy) is 1. The van der Waals surface area contributed by atoms with E-state index in [0.717, 1.165) is 24.1 Å². The van der Waals surface area contributed by atoms with Crippen LogP contribution in [0.25, 0.3) is 16.9 Å². The van der Waals surface area contributed by atoms with E-state index in [1.165, 1.54) is 0 Å². The van der Waals surface area contributed by atoms with Crippen LogP contribution >= 0.6 is 0 Å². The Bertz CT molecular complexity index is 1320.